The Labute approximate surface area is 145 Å². The van der Waals surface area contributed by atoms with Crippen molar-refractivity contribution in [2.24, 2.45) is 0 Å². The average Bonchev–Trinajstić information content (AvgIpc) is 3.27. The molecule has 0 amide bonds. The second-order valence-corrected chi connectivity index (χ2v) is 6.05. The molecule has 0 bridgehead atoms. The van der Waals surface area contributed by atoms with Crippen molar-refractivity contribution in [1.29, 1.82) is 0 Å². The van der Waals surface area contributed by atoms with Gasteiger partial charge < -0.3 is 0 Å². The van der Waals surface area contributed by atoms with Crippen molar-refractivity contribution >= 4 is 0 Å². The highest BCUT2D eigenvalue weighted by molar-refractivity contribution is 5.73. The smallest absolute Gasteiger partial charge is 0.115 e. The highest BCUT2D eigenvalue weighted by Gasteiger charge is 2.15. The minimum atomic E-state index is 0.593. The summed E-state index contributed by atoms with van der Waals surface area (Å²) in [6.07, 6.45) is 7.46. The predicted octanol–water partition coefficient (Wildman–Crippen LogP) is 3.19. The molecule has 0 N–H and O–H groups in total. The summed E-state index contributed by atoms with van der Waals surface area (Å²) < 4.78 is 3.68. The van der Waals surface area contributed by atoms with Gasteiger partial charge in [0.1, 0.15) is 5.69 Å². The molecule has 0 saturated carbocycles. The molecular formula is C19H18N6. The van der Waals surface area contributed by atoms with Gasteiger partial charge in [-0.25, -0.2) is 9.36 Å². The molecule has 0 fully saturated rings. The van der Waals surface area contributed by atoms with Gasteiger partial charge in [-0.3, -0.25) is 4.98 Å². The van der Waals surface area contributed by atoms with Gasteiger partial charge in [0.15, 0.2) is 0 Å². The molecule has 1 aromatic carbocycles. The molecule has 3 aromatic heterocycles. The van der Waals surface area contributed by atoms with Crippen molar-refractivity contribution in [3.63, 3.8) is 0 Å². The molecular weight excluding hydrogens is 312 g/mol. The number of aryl methyl sites for hydroxylation is 2. The van der Waals surface area contributed by atoms with E-state index in [2.05, 4.69) is 46.4 Å². The fraction of sp³-hybridized carbons (Fsp3) is 0.158. The van der Waals surface area contributed by atoms with Gasteiger partial charge in [0.2, 0.25) is 0 Å². The van der Waals surface area contributed by atoms with Gasteiger partial charge in [-0.05, 0) is 49.2 Å². The first-order chi connectivity index (χ1) is 12.2. The maximum Gasteiger partial charge on any atom is 0.115 e. The second kappa shape index (κ2) is 6.32. The van der Waals surface area contributed by atoms with Crippen molar-refractivity contribution in [1.82, 2.24) is 29.8 Å². The van der Waals surface area contributed by atoms with E-state index in [9.17, 15) is 0 Å². The third kappa shape index (κ3) is 3.06. The van der Waals surface area contributed by atoms with Gasteiger partial charge in [0, 0.05) is 24.2 Å². The fourth-order valence-electron chi connectivity index (χ4n) is 3.02. The summed E-state index contributed by atoms with van der Waals surface area (Å²) in [5.41, 5.74) is 6.17. The SMILES string of the molecule is Cc1cc(C)c(-c2cn(Cc3ccccn3)nn2)c(-n2cccn2)c1. The molecule has 6 heteroatoms. The number of rotatable bonds is 4. The molecule has 0 radical (unpaired) electrons. The lowest BCUT2D eigenvalue weighted by atomic mass is 10.0. The summed E-state index contributed by atoms with van der Waals surface area (Å²) in [4.78, 5) is 4.34. The number of hydrogen-bond acceptors (Lipinski definition) is 4. The molecule has 0 aliphatic carbocycles. The van der Waals surface area contributed by atoms with E-state index in [4.69, 9.17) is 0 Å². The molecule has 0 aliphatic rings. The fourth-order valence-corrected chi connectivity index (χ4v) is 3.02. The number of pyridine rings is 1. The van der Waals surface area contributed by atoms with Crippen LogP contribution < -0.4 is 0 Å². The first-order valence-electron chi connectivity index (χ1n) is 8.12. The standard InChI is InChI=1S/C19H18N6/c1-14-10-15(2)19(18(11-14)25-9-5-8-21-25)17-13-24(23-22-17)12-16-6-3-4-7-20-16/h3-11,13H,12H2,1-2H3. The van der Waals surface area contributed by atoms with E-state index in [0.29, 0.717) is 6.54 Å². The molecule has 6 nitrogen and oxygen atoms in total. The largest absolute Gasteiger partial charge is 0.259 e. The van der Waals surface area contributed by atoms with Crippen molar-refractivity contribution in [2.75, 3.05) is 0 Å². The Kier molecular flexibility index (Phi) is 3.85. The number of hydrogen-bond donors (Lipinski definition) is 0. The zero-order chi connectivity index (χ0) is 17.2. The Morgan fingerprint density at radius 1 is 1.04 bits per heavy atom. The maximum atomic E-state index is 4.39. The maximum absolute atomic E-state index is 4.39. The van der Waals surface area contributed by atoms with E-state index in [1.54, 1.807) is 12.4 Å². The van der Waals surface area contributed by atoms with E-state index < -0.39 is 0 Å². The number of nitrogens with zero attached hydrogens (tertiary/aromatic N) is 6. The van der Waals surface area contributed by atoms with Crippen molar-refractivity contribution in [3.8, 4) is 16.9 Å². The van der Waals surface area contributed by atoms with Crippen molar-refractivity contribution < 1.29 is 0 Å². The topological polar surface area (TPSA) is 61.4 Å². The highest BCUT2D eigenvalue weighted by atomic mass is 15.4. The lowest BCUT2D eigenvalue weighted by Crippen LogP contribution is -2.02. The lowest BCUT2D eigenvalue weighted by molar-refractivity contribution is 0.639. The molecule has 25 heavy (non-hydrogen) atoms. The number of aromatic nitrogens is 6. The summed E-state index contributed by atoms with van der Waals surface area (Å²) in [6, 6.07) is 12.0. The quantitative estimate of drug-likeness (QED) is 0.576. The van der Waals surface area contributed by atoms with Crippen molar-refractivity contribution in [2.45, 2.75) is 20.4 Å². The van der Waals surface area contributed by atoms with Gasteiger partial charge in [0.05, 0.1) is 24.1 Å². The van der Waals surface area contributed by atoms with Gasteiger partial charge in [-0.15, -0.1) is 5.10 Å². The van der Waals surface area contributed by atoms with Crippen LogP contribution in [0.25, 0.3) is 16.9 Å². The van der Waals surface area contributed by atoms with Crippen LogP contribution >= 0.6 is 0 Å². The summed E-state index contributed by atoms with van der Waals surface area (Å²) in [5, 5.41) is 13.0. The second-order valence-electron chi connectivity index (χ2n) is 6.05. The molecule has 124 valence electrons. The first-order valence-corrected chi connectivity index (χ1v) is 8.12. The van der Waals surface area contributed by atoms with Crippen LogP contribution in [0.1, 0.15) is 16.8 Å². The molecule has 4 aromatic rings. The number of benzene rings is 1. The average molecular weight is 330 g/mol. The van der Waals surface area contributed by atoms with Crippen LogP contribution in [0, 0.1) is 13.8 Å². The van der Waals surface area contributed by atoms with E-state index >= 15 is 0 Å². The van der Waals surface area contributed by atoms with Gasteiger partial charge in [-0.2, -0.15) is 5.10 Å². The van der Waals surface area contributed by atoms with Gasteiger partial charge >= 0.3 is 0 Å². The van der Waals surface area contributed by atoms with Crippen LogP contribution in [-0.4, -0.2) is 29.8 Å². The first kappa shape index (κ1) is 15.3. The lowest BCUT2D eigenvalue weighted by Gasteiger charge is -2.12. The summed E-state index contributed by atoms with van der Waals surface area (Å²) in [5.74, 6) is 0. The molecule has 0 atom stereocenters. The Hall–Kier alpha value is -3.28. The predicted molar refractivity (Wildman–Crippen MR) is 95.4 cm³/mol. The van der Waals surface area contributed by atoms with Crippen LogP contribution in [0.5, 0.6) is 0 Å². The van der Waals surface area contributed by atoms with Crippen LogP contribution in [0.4, 0.5) is 0 Å². The van der Waals surface area contributed by atoms with Crippen LogP contribution in [-0.2, 0) is 6.54 Å². The Morgan fingerprint density at radius 2 is 1.96 bits per heavy atom. The monoisotopic (exact) mass is 330 g/mol. The summed E-state index contributed by atoms with van der Waals surface area (Å²) in [6.45, 7) is 4.77. The van der Waals surface area contributed by atoms with E-state index in [1.807, 2.05) is 46.0 Å². The van der Waals surface area contributed by atoms with Crippen LogP contribution in [0.3, 0.4) is 0 Å². The minimum Gasteiger partial charge on any atom is -0.259 e. The zero-order valence-electron chi connectivity index (χ0n) is 14.2. The highest BCUT2D eigenvalue weighted by Crippen LogP contribution is 2.29. The van der Waals surface area contributed by atoms with Crippen molar-refractivity contribution in [3.05, 3.63) is 78.0 Å². The van der Waals surface area contributed by atoms with Crippen LogP contribution in [0.15, 0.2) is 61.2 Å². The third-order valence-corrected chi connectivity index (χ3v) is 4.06. The van der Waals surface area contributed by atoms with E-state index in [-0.39, 0.29) is 0 Å². The Morgan fingerprint density at radius 3 is 2.72 bits per heavy atom. The molecule has 0 spiro atoms. The molecule has 3 heterocycles. The molecule has 0 saturated heterocycles. The normalized spacial score (nSPS) is 11.0. The van der Waals surface area contributed by atoms with E-state index in [1.165, 1.54) is 5.56 Å². The Balaban J connectivity index is 1.75. The third-order valence-electron chi connectivity index (χ3n) is 4.06. The Bertz CT molecular complexity index is 986. The van der Waals surface area contributed by atoms with Crippen LogP contribution in [0.2, 0.25) is 0 Å². The molecule has 4 rings (SSSR count). The zero-order valence-corrected chi connectivity index (χ0v) is 14.2. The van der Waals surface area contributed by atoms with Gasteiger partial charge in [-0.1, -0.05) is 17.3 Å². The van der Waals surface area contributed by atoms with Gasteiger partial charge in [0.25, 0.3) is 0 Å². The molecule has 0 aliphatic heterocycles. The summed E-state index contributed by atoms with van der Waals surface area (Å²) in [7, 11) is 0. The summed E-state index contributed by atoms with van der Waals surface area (Å²) >= 11 is 0. The molecule has 0 unspecified atom stereocenters. The minimum absolute atomic E-state index is 0.593. The van der Waals surface area contributed by atoms with E-state index in [0.717, 1.165) is 28.2 Å².